The van der Waals surface area contributed by atoms with Crippen LogP contribution >= 0.6 is 15.9 Å². The molecule has 7 nitrogen and oxygen atoms in total. The number of amides is 1. The van der Waals surface area contributed by atoms with Crippen LogP contribution in [0.5, 0.6) is 5.75 Å². The van der Waals surface area contributed by atoms with Crippen LogP contribution in [-0.2, 0) is 6.42 Å². The van der Waals surface area contributed by atoms with E-state index in [-0.39, 0.29) is 11.7 Å². The van der Waals surface area contributed by atoms with Crippen molar-refractivity contribution in [2.45, 2.75) is 6.42 Å². The zero-order chi connectivity index (χ0) is 16.9. The van der Waals surface area contributed by atoms with Crippen molar-refractivity contribution in [1.82, 2.24) is 15.5 Å². The van der Waals surface area contributed by atoms with Crippen molar-refractivity contribution in [1.29, 1.82) is 0 Å². The summed E-state index contributed by atoms with van der Waals surface area (Å²) < 4.78 is 16.1. The van der Waals surface area contributed by atoms with Crippen LogP contribution in [0.4, 0.5) is 0 Å². The minimum absolute atomic E-state index is 0.113. The van der Waals surface area contributed by atoms with Gasteiger partial charge in [-0.25, -0.2) is 0 Å². The number of benzene rings is 1. The van der Waals surface area contributed by atoms with E-state index in [1.807, 2.05) is 24.3 Å². The molecule has 0 spiro atoms. The van der Waals surface area contributed by atoms with E-state index in [1.165, 1.54) is 0 Å². The average Bonchev–Trinajstić information content (AvgIpc) is 3.24. The van der Waals surface area contributed by atoms with Crippen molar-refractivity contribution in [2.24, 2.45) is 0 Å². The van der Waals surface area contributed by atoms with E-state index < -0.39 is 5.91 Å². The predicted octanol–water partition coefficient (Wildman–Crippen LogP) is 3.07. The summed E-state index contributed by atoms with van der Waals surface area (Å²) in [5, 5.41) is 6.47. The third-order valence-corrected chi connectivity index (χ3v) is 3.71. The van der Waals surface area contributed by atoms with Crippen LogP contribution in [0.1, 0.15) is 16.2 Å². The quantitative estimate of drug-likeness (QED) is 0.694. The molecule has 124 valence electrons. The second kappa shape index (κ2) is 7.31. The van der Waals surface area contributed by atoms with Crippen molar-refractivity contribution in [3.63, 3.8) is 0 Å². The van der Waals surface area contributed by atoms with E-state index in [4.69, 9.17) is 13.7 Å². The molecule has 0 aliphatic rings. The van der Waals surface area contributed by atoms with Gasteiger partial charge in [-0.15, -0.1) is 0 Å². The minimum Gasteiger partial charge on any atom is -0.496 e. The lowest BCUT2D eigenvalue weighted by Crippen LogP contribution is -2.26. The average molecular weight is 392 g/mol. The number of methoxy groups -OCH3 is 1. The molecular weight excluding hydrogens is 378 g/mol. The van der Waals surface area contributed by atoms with Gasteiger partial charge in [-0.2, -0.15) is 4.98 Å². The Balaban J connectivity index is 1.58. The van der Waals surface area contributed by atoms with Crippen molar-refractivity contribution in [2.75, 3.05) is 13.7 Å². The number of nitrogens with zero attached hydrogens (tertiary/aromatic N) is 2. The number of hydrogen-bond donors (Lipinski definition) is 1. The molecule has 0 fully saturated rings. The molecule has 0 aliphatic carbocycles. The zero-order valence-electron chi connectivity index (χ0n) is 12.8. The monoisotopic (exact) mass is 391 g/mol. The molecule has 2 heterocycles. The molecule has 24 heavy (non-hydrogen) atoms. The summed E-state index contributed by atoms with van der Waals surface area (Å²) in [6, 6.07) is 11.0. The van der Waals surface area contributed by atoms with Gasteiger partial charge >= 0.3 is 11.8 Å². The smallest absolute Gasteiger partial charge is 0.316 e. The van der Waals surface area contributed by atoms with Crippen LogP contribution in [0.3, 0.4) is 0 Å². The molecule has 0 bridgehead atoms. The van der Waals surface area contributed by atoms with Gasteiger partial charge in [0, 0.05) is 6.54 Å². The number of aromatic nitrogens is 2. The number of para-hydroxylation sites is 1. The largest absolute Gasteiger partial charge is 0.496 e. The molecule has 1 N–H and O–H groups in total. The number of ether oxygens (including phenoxy) is 1. The second-order valence-corrected chi connectivity index (χ2v) is 5.63. The molecule has 8 heteroatoms. The Labute approximate surface area is 146 Å². The van der Waals surface area contributed by atoms with E-state index >= 15 is 0 Å². The Bertz CT molecular complexity index is 843. The molecule has 0 saturated carbocycles. The lowest BCUT2D eigenvalue weighted by Gasteiger charge is -2.07. The summed E-state index contributed by atoms with van der Waals surface area (Å²) in [6.45, 7) is 0.420. The summed E-state index contributed by atoms with van der Waals surface area (Å²) in [4.78, 5) is 16.1. The molecule has 0 aliphatic heterocycles. The number of halogens is 1. The normalized spacial score (nSPS) is 10.6. The molecule has 1 amide bonds. The van der Waals surface area contributed by atoms with Crippen molar-refractivity contribution in [3.8, 4) is 17.3 Å². The minimum atomic E-state index is -0.436. The second-order valence-electron chi connectivity index (χ2n) is 4.84. The molecular formula is C16H14BrN3O4. The van der Waals surface area contributed by atoms with Gasteiger partial charge in [0.05, 0.1) is 7.11 Å². The van der Waals surface area contributed by atoms with E-state index in [2.05, 4.69) is 31.4 Å². The third kappa shape index (κ3) is 3.65. The van der Waals surface area contributed by atoms with Gasteiger partial charge in [0.15, 0.2) is 10.4 Å². The summed E-state index contributed by atoms with van der Waals surface area (Å²) >= 11 is 3.19. The Morgan fingerprint density at radius 3 is 2.88 bits per heavy atom. The molecule has 3 aromatic rings. The van der Waals surface area contributed by atoms with E-state index in [9.17, 15) is 4.79 Å². The Kier molecular flexibility index (Phi) is 4.95. The SMILES string of the molecule is COc1ccccc1CCNC(=O)c1nc(-c2ccc(Br)o2)no1. The number of carbonyl (C=O) groups excluding carboxylic acids is 1. The number of nitrogens with one attached hydrogen (secondary N) is 1. The zero-order valence-corrected chi connectivity index (χ0v) is 14.4. The fourth-order valence-corrected chi connectivity index (χ4v) is 2.45. The molecule has 0 unspecified atom stereocenters. The lowest BCUT2D eigenvalue weighted by molar-refractivity contribution is 0.0910. The number of rotatable bonds is 6. The van der Waals surface area contributed by atoms with Crippen LogP contribution in [0, 0.1) is 0 Å². The maximum atomic E-state index is 12.1. The lowest BCUT2D eigenvalue weighted by atomic mass is 10.1. The third-order valence-electron chi connectivity index (χ3n) is 3.29. The number of hydrogen-bond acceptors (Lipinski definition) is 6. The van der Waals surface area contributed by atoms with E-state index in [0.29, 0.717) is 23.4 Å². The van der Waals surface area contributed by atoms with Crippen LogP contribution in [-0.4, -0.2) is 29.7 Å². The number of furan rings is 1. The van der Waals surface area contributed by atoms with Gasteiger partial charge in [0.25, 0.3) is 0 Å². The van der Waals surface area contributed by atoms with E-state index in [1.54, 1.807) is 19.2 Å². The van der Waals surface area contributed by atoms with Gasteiger partial charge in [-0.05, 0) is 46.1 Å². The highest BCUT2D eigenvalue weighted by Crippen LogP contribution is 2.22. The predicted molar refractivity (Wildman–Crippen MR) is 88.7 cm³/mol. The first-order chi connectivity index (χ1) is 11.7. The van der Waals surface area contributed by atoms with Crippen molar-refractivity contribution < 1.29 is 18.5 Å². The highest BCUT2D eigenvalue weighted by molar-refractivity contribution is 9.10. The van der Waals surface area contributed by atoms with Gasteiger partial charge in [-0.1, -0.05) is 23.4 Å². The van der Waals surface area contributed by atoms with Gasteiger partial charge < -0.3 is 19.0 Å². The summed E-state index contributed by atoms with van der Waals surface area (Å²) in [6.07, 6.45) is 0.627. The maximum absolute atomic E-state index is 12.1. The van der Waals surface area contributed by atoms with Gasteiger partial charge in [-0.3, -0.25) is 4.79 Å². The van der Waals surface area contributed by atoms with Crippen molar-refractivity contribution in [3.05, 3.63) is 52.5 Å². The fraction of sp³-hybridized carbons (Fsp3) is 0.188. The first kappa shape index (κ1) is 16.3. The maximum Gasteiger partial charge on any atom is 0.316 e. The number of carbonyl (C=O) groups is 1. The summed E-state index contributed by atoms with van der Waals surface area (Å²) in [5.41, 5.74) is 1.01. The molecule has 0 radical (unpaired) electrons. The fourth-order valence-electron chi connectivity index (χ4n) is 2.15. The highest BCUT2D eigenvalue weighted by Gasteiger charge is 2.17. The van der Waals surface area contributed by atoms with Gasteiger partial charge in [0.2, 0.25) is 5.82 Å². The Hall–Kier alpha value is -2.61. The van der Waals surface area contributed by atoms with Crippen LogP contribution in [0.15, 0.2) is 50.0 Å². The van der Waals surface area contributed by atoms with Crippen LogP contribution < -0.4 is 10.1 Å². The van der Waals surface area contributed by atoms with Crippen LogP contribution in [0.25, 0.3) is 11.6 Å². The summed E-state index contributed by atoms with van der Waals surface area (Å²) in [5.74, 6) is 0.872. The first-order valence-electron chi connectivity index (χ1n) is 7.17. The van der Waals surface area contributed by atoms with Gasteiger partial charge in [0.1, 0.15) is 5.75 Å². The summed E-state index contributed by atoms with van der Waals surface area (Å²) in [7, 11) is 1.62. The molecule has 2 aromatic heterocycles. The topological polar surface area (TPSA) is 90.4 Å². The highest BCUT2D eigenvalue weighted by atomic mass is 79.9. The Morgan fingerprint density at radius 2 is 2.12 bits per heavy atom. The Morgan fingerprint density at radius 1 is 1.29 bits per heavy atom. The molecule has 3 rings (SSSR count). The van der Waals surface area contributed by atoms with Crippen molar-refractivity contribution >= 4 is 21.8 Å². The molecule has 0 atom stereocenters. The van der Waals surface area contributed by atoms with E-state index in [0.717, 1.165) is 11.3 Å². The standard InChI is InChI=1S/C16H14BrN3O4/c1-22-11-5-3-2-4-10(11)8-9-18-15(21)16-19-14(20-24-16)12-6-7-13(17)23-12/h2-7H,8-9H2,1H3,(H,18,21). The molecule has 1 aromatic carbocycles. The van der Waals surface area contributed by atoms with Crippen LogP contribution in [0.2, 0.25) is 0 Å². The molecule has 0 saturated heterocycles. The first-order valence-corrected chi connectivity index (χ1v) is 7.96.